The van der Waals surface area contributed by atoms with Crippen LogP contribution < -0.4 is 10.1 Å². The van der Waals surface area contributed by atoms with Gasteiger partial charge in [0.2, 0.25) is 0 Å². The molecular formula is C20H21BrN4O2. The maximum absolute atomic E-state index is 12.7. The Bertz CT molecular complexity index is 967. The van der Waals surface area contributed by atoms with Crippen molar-refractivity contribution in [1.29, 1.82) is 0 Å². The largest absolute Gasteiger partial charge is 0.497 e. The monoisotopic (exact) mass is 428 g/mol. The number of halogens is 1. The number of carbonyl (C=O) groups excluding carboxylic acids is 1. The van der Waals surface area contributed by atoms with Crippen molar-refractivity contribution in [2.75, 3.05) is 7.11 Å². The number of methoxy groups -OCH3 is 1. The third-order valence-electron chi connectivity index (χ3n) is 4.46. The number of aryl methyl sites for hydroxylation is 1. The van der Waals surface area contributed by atoms with Crippen molar-refractivity contribution in [2.24, 2.45) is 0 Å². The van der Waals surface area contributed by atoms with Gasteiger partial charge in [-0.2, -0.15) is 0 Å². The summed E-state index contributed by atoms with van der Waals surface area (Å²) in [5.41, 5.74) is 3.94. The van der Waals surface area contributed by atoms with Gasteiger partial charge in [-0.15, -0.1) is 5.10 Å². The molecule has 140 valence electrons. The van der Waals surface area contributed by atoms with E-state index in [1.807, 2.05) is 63.2 Å². The molecule has 2 aromatic carbocycles. The fraction of sp³-hybridized carbons (Fsp3) is 0.250. The number of amides is 1. The Balaban J connectivity index is 1.78. The van der Waals surface area contributed by atoms with E-state index in [-0.39, 0.29) is 11.9 Å². The van der Waals surface area contributed by atoms with Gasteiger partial charge in [0.25, 0.3) is 5.91 Å². The molecule has 1 aromatic heterocycles. The van der Waals surface area contributed by atoms with E-state index in [2.05, 4.69) is 31.6 Å². The van der Waals surface area contributed by atoms with Crippen molar-refractivity contribution >= 4 is 21.8 Å². The summed E-state index contributed by atoms with van der Waals surface area (Å²) in [7, 11) is 1.62. The molecule has 7 heteroatoms. The minimum atomic E-state index is -0.254. The predicted molar refractivity (Wildman–Crippen MR) is 107 cm³/mol. The lowest BCUT2D eigenvalue weighted by molar-refractivity contribution is 0.0934. The first kappa shape index (κ1) is 19.1. The van der Waals surface area contributed by atoms with Crippen LogP contribution in [0.5, 0.6) is 5.75 Å². The Labute approximate surface area is 166 Å². The summed E-state index contributed by atoms with van der Waals surface area (Å²) < 4.78 is 7.86. The summed E-state index contributed by atoms with van der Waals surface area (Å²) in [5, 5.41) is 11.2. The Kier molecular flexibility index (Phi) is 5.60. The highest BCUT2D eigenvalue weighted by molar-refractivity contribution is 9.10. The Hall–Kier alpha value is -2.67. The molecule has 0 spiro atoms. The van der Waals surface area contributed by atoms with Crippen LogP contribution >= 0.6 is 15.9 Å². The van der Waals surface area contributed by atoms with Gasteiger partial charge in [0.15, 0.2) is 5.69 Å². The zero-order chi connectivity index (χ0) is 19.6. The minimum absolute atomic E-state index is 0.164. The fourth-order valence-electron chi connectivity index (χ4n) is 2.79. The highest BCUT2D eigenvalue weighted by atomic mass is 79.9. The third-order valence-corrected chi connectivity index (χ3v) is 5.35. The standard InChI is InChI=1S/C20H21BrN4O2/c1-12-11-16(7-10-18(12)21)25-14(3)19(23-24-25)20(26)22-13(2)15-5-8-17(27-4)9-6-15/h5-11,13H,1-4H3,(H,22,26)/t13-/m1/s1. The molecule has 0 aliphatic rings. The smallest absolute Gasteiger partial charge is 0.274 e. The van der Waals surface area contributed by atoms with Gasteiger partial charge in [-0.25, -0.2) is 4.68 Å². The van der Waals surface area contributed by atoms with Gasteiger partial charge in [0.05, 0.1) is 24.5 Å². The maximum atomic E-state index is 12.7. The van der Waals surface area contributed by atoms with Crippen molar-refractivity contribution in [2.45, 2.75) is 26.8 Å². The second-order valence-electron chi connectivity index (χ2n) is 6.34. The van der Waals surface area contributed by atoms with Crippen molar-refractivity contribution in [3.63, 3.8) is 0 Å². The highest BCUT2D eigenvalue weighted by Gasteiger charge is 2.19. The summed E-state index contributed by atoms with van der Waals surface area (Å²) in [6.07, 6.45) is 0. The van der Waals surface area contributed by atoms with E-state index in [4.69, 9.17) is 4.74 Å². The van der Waals surface area contributed by atoms with Gasteiger partial charge < -0.3 is 10.1 Å². The molecule has 27 heavy (non-hydrogen) atoms. The quantitative estimate of drug-likeness (QED) is 0.662. The van der Waals surface area contributed by atoms with E-state index in [1.165, 1.54) is 0 Å². The van der Waals surface area contributed by atoms with E-state index in [9.17, 15) is 4.79 Å². The fourth-order valence-corrected chi connectivity index (χ4v) is 3.03. The molecule has 0 bridgehead atoms. The van der Waals surface area contributed by atoms with Gasteiger partial charge in [0, 0.05) is 4.47 Å². The van der Waals surface area contributed by atoms with Crippen LogP contribution in [-0.2, 0) is 0 Å². The summed E-state index contributed by atoms with van der Waals surface area (Å²) in [6.45, 7) is 5.77. The van der Waals surface area contributed by atoms with Crippen molar-refractivity contribution in [1.82, 2.24) is 20.3 Å². The average Bonchev–Trinajstić information content (AvgIpc) is 3.05. The minimum Gasteiger partial charge on any atom is -0.497 e. The van der Waals surface area contributed by atoms with Crippen molar-refractivity contribution in [3.8, 4) is 11.4 Å². The molecule has 0 radical (unpaired) electrons. The lowest BCUT2D eigenvalue weighted by Gasteiger charge is -2.14. The van der Waals surface area contributed by atoms with Crippen LogP contribution in [0.15, 0.2) is 46.9 Å². The number of aromatic nitrogens is 3. The first-order valence-corrected chi connectivity index (χ1v) is 9.33. The molecule has 3 rings (SSSR count). The first-order valence-electron chi connectivity index (χ1n) is 8.54. The van der Waals surface area contributed by atoms with Crippen LogP contribution in [0.1, 0.15) is 40.3 Å². The summed E-state index contributed by atoms with van der Waals surface area (Å²) in [6, 6.07) is 13.3. The van der Waals surface area contributed by atoms with Crippen molar-refractivity contribution in [3.05, 3.63) is 69.5 Å². The molecule has 0 aliphatic heterocycles. The zero-order valence-electron chi connectivity index (χ0n) is 15.7. The Morgan fingerprint density at radius 3 is 2.52 bits per heavy atom. The number of carbonyl (C=O) groups is 1. The van der Waals surface area contributed by atoms with E-state index in [0.29, 0.717) is 11.4 Å². The van der Waals surface area contributed by atoms with Crippen LogP contribution in [0.3, 0.4) is 0 Å². The van der Waals surface area contributed by atoms with Gasteiger partial charge in [-0.3, -0.25) is 4.79 Å². The Morgan fingerprint density at radius 1 is 1.19 bits per heavy atom. The van der Waals surface area contributed by atoms with Crippen LogP contribution in [0, 0.1) is 13.8 Å². The SMILES string of the molecule is COc1ccc([C@@H](C)NC(=O)c2nnn(-c3ccc(Br)c(C)c3)c2C)cc1. The number of hydrogen-bond donors (Lipinski definition) is 1. The number of ether oxygens (including phenoxy) is 1. The molecule has 0 aliphatic carbocycles. The number of nitrogens with zero attached hydrogens (tertiary/aromatic N) is 3. The normalized spacial score (nSPS) is 11.9. The summed E-state index contributed by atoms with van der Waals surface area (Å²) in [5.74, 6) is 0.525. The predicted octanol–water partition coefficient (Wildman–Crippen LogP) is 4.15. The molecule has 3 aromatic rings. The van der Waals surface area contributed by atoms with E-state index in [0.717, 1.165) is 27.0 Å². The van der Waals surface area contributed by atoms with Gasteiger partial charge >= 0.3 is 0 Å². The lowest BCUT2D eigenvalue weighted by Crippen LogP contribution is -2.27. The van der Waals surface area contributed by atoms with Gasteiger partial charge in [-0.1, -0.05) is 33.3 Å². The molecule has 1 atom stereocenters. The second-order valence-corrected chi connectivity index (χ2v) is 7.19. The van der Waals surface area contributed by atoms with E-state index in [1.54, 1.807) is 11.8 Å². The van der Waals surface area contributed by atoms with Crippen molar-refractivity contribution < 1.29 is 9.53 Å². The zero-order valence-corrected chi connectivity index (χ0v) is 17.2. The highest BCUT2D eigenvalue weighted by Crippen LogP contribution is 2.21. The van der Waals surface area contributed by atoms with E-state index >= 15 is 0 Å². The molecule has 0 fully saturated rings. The molecule has 0 saturated carbocycles. The number of benzene rings is 2. The molecule has 1 N–H and O–H groups in total. The average molecular weight is 429 g/mol. The molecule has 1 amide bonds. The molecule has 0 saturated heterocycles. The van der Waals surface area contributed by atoms with Crippen LogP contribution in [0.4, 0.5) is 0 Å². The number of nitrogens with one attached hydrogen (secondary N) is 1. The van der Waals surface area contributed by atoms with Crippen LogP contribution in [0.2, 0.25) is 0 Å². The maximum Gasteiger partial charge on any atom is 0.274 e. The lowest BCUT2D eigenvalue weighted by atomic mass is 10.1. The molecular weight excluding hydrogens is 408 g/mol. The summed E-state index contributed by atoms with van der Waals surface area (Å²) >= 11 is 3.49. The molecule has 1 heterocycles. The molecule has 6 nitrogen and oxygen atoms in total. The third kappa shape index (κ3) is 4.03. The molecule has 0 unspecified atom stereocenters. The summed E-state index contributed by atoms with van der Waals surface area (Å²) in [4.78, 5) is 12.7. The van der Waals surface area contributed by atoms with Crippen LogP contribution in [0.25, 0.3) is 5.69 Å². The van der Waals surface area contributed by atoms with Crippen LogP contribution in [-0.4, -0.2) is 28.0 Å². The van der Waals surface area contributed by atoms with Gasteiger partial charge in [-0.05, 0) is 62.2 Å². The Morgan fingerprint density at radius 2 is 1.89 bits per heavy atom. The second kappa shape index (κ2) is 7.92. The first-order chi connectivity index (χ1) is 12.9. The topological polar surface area (TPSA) is 69.0 Å². The number of hydrogen-bond acceptors (Lipinski definition) is 4. The number of rotatable bonds is 5. The van der Waals surface area contributed by atoms with Gasteiger partial charge in [0.1, 0.15) is 5.75 Å². The van der Waals surface area contributed by atoms with E-state index < -0.39 is 0 Å².